The van der Waals surface area contributed by atoms with Gasteiger partial charge in [-0.3, -0.25) is 4.90 Å². The quantitative estimate of drug-likeness (QED) is 0.561. The van der Waals surface area contributed by atoms with Gasteiger partial charge in [-0.2, -0.15) is 0 Å². The highest BCUT2D eigenvalue weighted by Crippen LogP contribution is 1.88. The minimum atomic E-state index is 1.03. The molecule has 0 spiro atoms. The summed E-state index contributed by atoms with van der Waals surface area (Å²) in [5, 5.41) is 0. The Bertz CT molecular complexity index is 144. The van der Waals surface area contributed by atoms with Crippen LogP contribution in [-0.2, 0) is 0 Å². The Labute approximate surface area is 70.4 Å². The van der Waals surface area contributed by atoms with Gasteiger partial charge in [0.05, 0.1) is 0 Å². The predicted octanol–water partition coefficient (Wildman–Crippen LogP) is 2.45. The van der Waals surface area contributed by atoms with Gasteiger partial charge in [0, 0.05) is 6.54 Å². The van der Waals surface area contributed by atoms with Gasteiger partial charge >= 0.3 is 0 Å². The molecular formula is C10H19N. The number of likely N-dealkylation sites (N-methyl/N-ethyl adjacent to an activating group) is 1. The molecule has 0 rings (SSSR count). The van der Waals surface area contributed by atoms with Gasteiger partial charge in [-0.15, -0.1) is 5.73 Å². The maximum atomic E-state index is 3.19. The van der Waals surface area contributed by atoms with Crippen LogP contribution in [0.5, 0.6) is 0 Å². The van der Waals surface area contributed by atoms with Crippen LogP contribution < -0.4 is 0 Å². The first-order chi connectivity index (χ1) is 5.20. The first-order valence-corrected chi connectivity index (χ1v) is 4.31. The van der Waals surface area contributed by atoms with Gasteiger partial charge in [0.15, 0.2) is 0 Å². The van der Waals surface area contributed by atoms with Crippen molar-refractivity contribution in [3.63, 3.8) is 0 Å². The maximum absolute atomic E-state index is 3.19. The lowest BCUT2D eigenvalue weighted by atomic mass is 10.3. The lowest BCUT2D eigenvalue weighted by molar-refractivity contribution is 0.337. The first-order valence-electron chi connectivity index (χ1n) is 4.31. The van der Waals surface area contributed by atoms with Crippen LogP contribution in [0.15, 0.2) is 17.4 Å². The van der Waals surface area contributed by atoms with Crippen molar-refractivity contribution in [3.05, 3.63) is 17.4 Å². The van der Waals surface area contributed by atoms with Crippen LogP contribution in [0, 0.1) is 0 Å². The van der Waals surface area contributed by atoms with Crippen LogP contribution in [0.2, 0.25) is 0 Å². The smallest absolute Gasteiger partial charge is 0.0238 e. The van der Waals surface area contributed by atoms with E-state index in [1.165, 1.54) is 5.57 Å². The Kier molecular flexibility index (Phi) is 5.91. The Morgan fingerprint density at radius 3 is 2.18 bits per heavy atom. The summed E-state index contributed by atoms with van der Waals surface area (Å²) in [5.41, 5.74) is 4.44. The van der Waals surface area contributed by atoms with Crippen molar-refractivity contribution in [3.8, 4) is 0 Å². The molecule has 0 aliphatic rings. The molecule has 0 N–H and O–H groups in total. The zero-order valence-corrected chi connectivity index (χ0v) is 8.15. The summed E-state index contributed by atoms with van der Waals surface area (Å²) in [6.45, 7) is 11.8. The average molecular weight is 153 g/mol. The fourth-order valence-electron chi connectivity index (χ4n) is 0.861. The Hall–Kier alpha value is -0.520. The molecule has 0 atom stereocenters. The third-order valence-electron chi connectivity index (χ3n) is 1.63. The Morgan fingerprint density at radius 2 is 1.82 bits per heavy atom. The molecule has 0 aromatic heterocycles. The third-order valence-corrected chi connectivity index (χ3v) is 1.63. The van der Waals surface area contributed by atoms with Gasteiger partial charge in [0.2, 0.25) is 0 Å². The van der Waals surface area contributed by atoms with Crippen LogP contribution in [-0.4, -0.2) is 24.5 Å². The second-order valence-electron chi connectivity index (χ2n) is 2.83. The molecule has 0 saturated heterocycles. The van der Waals surface area contributed by atoms with Gasteiger partial charge in [-0.05, 0) is 38.6 Å². The van der Waals surface area contributed by atoms with E-state index in [2.05, 4.69) is 44.4 Å². The molecule has 0 fully saturated rings. The summed E-state index contributed by atoms with van der Waals surface area (Å²) < 4.78 is 0. The third kappa shape index (κ3) is 5.90. The van der Waals surface area contributed by atoms with Crippen molar-refractivity contribution in [2.24, 2.45) is 0 Å². The highest BCUT2D eigenvalue weighted by molar-refractivity contribution is 4.94. The zero-order valence-electron chi connectivity index (χ0n) is 8.15. The normalized spacial score (nSPS) is 9.55. The molecule has 1 nitrogen and oxygen atoms in total. The Morgan fingerprint density at radius 1 is 1.27 bits per heavy atom. The SMILES string of the molecule is CCN(CC)CC=C=C(C)C. The van der Waals surface area contributed by atoms with Crippen molar-refractivity contribution in [1.29, 1.82) is 0 Å². The van der Waals surface area contributed by atoms with Crippen LogP contribution >= 0.6 is 0 Å². The van der Waals surface area contributed by atoms with Gasteiger partial charge in [-0.1, -0.05) is 13.8 Å². The van der Waals surface area contributed by atoms with E-state index in [1.54, 1.807) is 0 Å². The van der Waals surface area contributed by atoms with E-state index < -0.39 is 0 Å². The van der Waals surface area contributed by atoms with Crippen molar-refractivity contribution in [2.45, 2.75) is 27.7 Å². The molecule has 0 saturated carbocycles. The van der Waals surface area contributed by atoms with Crippen molar-refractivity contribution in [1.82, 2.24) is 4.90 Å². The lowest BCUT2D eigenvalue weighted by Gasteiger charge is -2.13. The Balaban J connectivity index is 3.76. The van der Waals surface area contributed by atoms with Gasteiger partial charge in [-0.25, -0.2) is 0 Å². The molecule has 0 aliphatic heterocycles. The van der Waals surface area contributed by atoms with E-state index in [0.717, 1.165) is 19.6 Å². The summed E-state index contributed by atoms with van der Waals surface area (Å²) in [5.74, 6) is 0. The van der Waals surface area contributed by atoms with E-state index in [1.807, 2.05) is 0 Å². The van der Waals surface area contributed by atoms with Crippen LogP contribution in [0.4, 0.5) is 0 Å². The average Bonchev–Trinajstić information content (AvgIpc) is 1.98. The van der Waals surface area contributed by atoms with Crippen molar-refractivity contribution in [2.75, 3.05) is 19.6 Å². The first kappa shape index (κ1) is 10.5. The molecule has 0 aromatic rings. The van der Waals surface area contributed by atoms with E-state index in [-0.39, 0.29) is 0 Å². The second kappa shape index (κ2) is 6.21. The molecule has 0 aliphatic carbocycles. The molecule has 0 heterocycles. The summed E-state index contributed by atoms with van der Waals surface area (Å²) in [7, 11) is 0. The number of rotatable bonds is 4. The molecule has 0 radical (unpaired) electrons. The predicted molar refractivity (Wildman–Crippen MR) is 50.7 cm³/mol. The number of hydrogen-bond acceptors (Lipinski definition) is 1. The van der Waals surface area contributed by atoms with Gasteiger partial charge < -0.3 is 0 Å². The van der Waals surface area contributed by atoms with E-state index in [9.17, 15) is 0 Å². The van der Waals surface area contributed by atoms with Gasteiger partial charge in [0.25, 0.3) is 0 Å². The van der Waals surface area contributed by atoms with Crippen molar-refractivity contribution >= 4 is 0 Å². The molecule has 0 amide bonds. The lowest BCUT2D eigenvalue weighted by Crippen LogP contribution is -2.22. The molecule has 1 heteroatoms. The largest absolute Gasteiger partial charge is 0.300 e. The topological polar surface area (TPSA) is 3.24 Å². The maximum Gasteiger partial charge on any atom is 0.0238 e. The van der Waals surface area contributed by atoms with E-state index >= 15 is 0 Å². The molecule has 0 aromatic carbocycles. The summed E-state index contributed by atoms with van der Waals surface area (Å²) >= 11 is 0. The zero-order chi connectivity index (χ0) is 8.69. The second-order valence-corrected chi connectivity index (χ2v) is 2.83. The molecule has 64 valence electrons. The van der Waals surface area contributed by atoms with Gasteiger partial charge in [0.1, 0.15) is 0 Å². The fourth-order valence-corrected chi connectivity index (χ4v) is 0.861. The standard InChI is InChI=1S/C10H19N/c1-5-11(6-2)9-7-8-10(3)4/h7H,5-6,9H2,1-4H3. The van der Waals surface area contributed by atoms with Crippen LogP contribution in [0.1, 0.15) is 27.7 Å². The van der Waals surface area contributed by atoms with Crippen LogP contribution in [0.25, 0.3) is 0 Å². The minimum Gasteiger partial charge on any atom is -0.300 e. The molecule has 11 heavy (non-hydrogen) atoms. The van der Waals surface area contributed by atoms with Crippen molar-refractivity contribution < 1.29 is 0 Å². The molecule has 0 unspecified atom stereocenters. The fraction of sp³-hybridized carbons (Fsp3) is 0.700. The number of nitrogens with zero attached hydrogens (tertiary/aromatic N) is 1. The highest BCUT2D eigenvalue weighted by Gasteiger charge is 1.92. The summed E-state index contributed by atoms with van der Waals surface area (Å²) in [6, 6.07) is 0. The minimum absolute atomic E-state index is 1.03. The monoisotopic (exact) mass is 153 g/mol. The molecule has 0 bridgehead atoms. The van der Waals surface area contributed by atoms with Crippen LogP contribution in [0.3, 0.4) is 0 Å². The highest BCUT2D eigenvalue weighted by atomic mass is 15.1. The van der Waals surface area contributed by atoms with E-state index in [4.69, 9.17) is 0 Å². The van der Waals surface area contributed by atoms with E-state index in [0.29, 0.717) is 0 Å². The summed E-state index contributed by atoms with van der Waals surface area (Å²) in [6.07, 6.45) is 2.10. The number of hydrogen-bond donors (Lipinski definition) is 0. The summed E-state index contributed by atoms with van der Waals surface area (Å²) in [4.78, 5) is 2.36. The molecular weight excluding hydrogens is 134 g/mol.